The number of benzene rings is 3. The Balaban J connectivity index is 0.000000219. The molecule has 0 saturated carbocycles. The normalized spacial score (nSPS) is 9.75. The Morgan fingerprint density at radius 3 is 2.12 bits per heavy atom. The standard InChI is InChI=1S/C13H11FO2.C7H7Br/c14-11-5-3-4-10(8-11)9-16-13-7-2-1-6-12(13)15;8-6-7-4-2-1-3-5-7/h1-8,15H,9H2;1-5H,6H2. The molecule has 124 valence electrons. The highest BCUT2D eigenvalue weighted by atomic mass is 79.9. The lowest BCUT2D eigenvalue weighted by atomic mass is 10.2. The van der Waals surface area contributed by atoms with Gasteiger partial charge in [0.1, 0.15) is 12.4 Å². The summed E-state index contributed by atoms with van der Waals surface area (Å²) in [6.07, 6.45) is 0. The first-order valence-electron chi connectivity index (χ1n) is 7.44. The quantitative estimate of drug-likeness (QED) is 0.581. The average Bonchev–Trinajstić information content (AvgIpc) is 2.62. The molecule has 24 heavy (non-hydrogen) atoms. The number of phenols is 1. The number of hydrogen-bond acceptors (Lipinski definition) is 2. The average molecular weight is 389 g/mol. The Morgan fingerprint density at radius 2 is 1.50 bits per heavy atom. The van der Waals surface area contributed by atoms with Crippen LogP contribution < -0.4 is 4.74 Å². The molecule has 3 aromatic rings. The summed E-state index contributed by atoms with van der Waals surface area (Å²) in [7, 11) is 0. The molecule has 0 fully saturated rings. The molecule has 1 N–H and O–H groups in total. The van der Waals surface area contributed by atoms with E-state index in [0.29, 0.717) is 5.75 Å². The molecule has 0 amide bonds. The van der Waals surface area contributed by atoms with Crippen LogP contribution in [0.2, 0.25) is 0 Å². The summed E-state index contributed by atoms with van der Waals surface area (Å²) in [6.45, 7) is 0.231. The maximum absolute atomic E-state index is 12.9. The molecule has 0 spiro atoms. The fourth-order valence-electron chi connectivity index (χ4n) is 1.93. The van der Waals surface area contributed by atoms with Crippen LogP contribution in [-0.4, -0.2) is 5.11 Å². The first-order chi connectivity index (χ1) is 11.7. The van der Waals surface area contributed by atoms with Gasteiger partial charge in [-0.2, -0.15) is 0 Å². The fraction of sp³-hybridized carbons (Fsp3) is 0.100. The molecule has 0 aromatic heterocycles. The Morgan fingerprint density at radius 1 is 0.833 bits per heavy atom. The molecule has 0 unspecified atom stereocenters. The molecular weight excluding hydrogens is 371 g/mol. The molecule has 0 radical (unpaired) electrons. The van der Waals surface area contributed by atoms with Gasteiger partial charge in [-0.05, 0) is 35.4 Å². The minimum absolute atomic E-state index is 0.0823. The first kappa shape index (κ1) is 18.0. The van der Waals surface area contributed by atoms with Gasteiger partial charge in [-0.25, -0.2) is 4.39 Å². The summed E-state index contributed by atoms with van der Waals surface area (Å²) in [5.74, 6) is 0.184. The second kappa shape index (κ2) is 9.73. The van der Waals surface area contributed by atoms with Crippen molar-refractivity contribution in [2.75, 3.05) is 0 Å². The highest BCUT2D eigenvalue weighted by Gasteiger charge is 2.01. The summed E-state index contributed by atoms with van der Waals surface area (Å²) in [6, 6.07) is 23.1. The zero-order valence-corrected chi connectivity index (χ0v) is 14.6. The minimum Gasteiger partial charge on any atom is -0.504 e. The van der Waals surface area contributed by atoms with Gasteiger partial charge in [-0.15, -0.1) is 0 Å². The van der Waals surface area contributed by atoms with Gasteiger partial charge in [-0.1, -0.05) is 70.5 Å². The van der Waals surface area contributed by atoms with E-state index >= 15 is 0 Å². The van der Waals surface area contributed by atoms with Crippen molar-refractivity contribution >= 4 is 15.9 Å². The lowest BCUT2D eigenvalue weighted by Crippen LogP contribution is -1.95. The largest absolute Gasteiger partial charge is 0.504 e. The van der Waals surface area contributed by atoms with Gasteiger partial charge in [0, 0.05) is 5.33 Å². The second-order valence-electron chi connectivity index (χ2n) is 5.01. The maximum Gasteiger partial charge on any atom is 0.161 e. The van der Waals surface area contributed by atoms with Crippen LogP contribution in [0.3, 0.4) is 0 Å². The van der Waals surface area contributed by atoms with Gasteiger partial charge >= 0.3 is 0 Å². The number of aromatic hydroxyl groups is 1. The lowest BCUT2D eigenvalue weighted by Gasteiger charge is -2.07. The zero-order chi connectivity index (χ0) is 17.2. The van der Waals surface area contributed by atoms with Gasteiger partial charge in [0.2, 0.25) is 0 Å². The van der Waals surface area contributed by atoms with E-state index < -0.39 is 0 Å². The lowest BCUT2D eigenvalue weighted by molar-refractivity contribution is 0.288. The number of phenolic OH excluding ortho intramolecular Hbond substituents is 1. The van der Waals surface area contributed by atoms with Crippen molar-refractivity contribution in [3.8, 4) is 11.5 Å². The summed E-state index contributed by atoms with van der Waals surface area (Å²) >= 11 is 3.36. The molecule has 0 saturated heterocycles. The van der Waals surface area contributed by atoms with Crippen LogP contribution in [0.5, 0.6) is 11.5 Å². The summed E-state index contributed by atoms with van der Waals surface area (Å²) < 4.78 is 18.2. The molecule has 4 heteroatoms. The highest BCUT2D eigenvalue weighted by molar-refractivity contribution is 9.08. The Kier molecular flexibility index (Phi) is 7.30. The molecule has 0 aliphatic rings. The Bertz CT molecular complexity index is 747. The number of hydrogen-bond donors (Lipinski definition) is 1. The number of ether oxygens (including phenoxy) is 1. The zero-order valence-electron chi connectivity index (χ0n) is 13.0. The monoisotopic (exact) mass is 388 g/mol. The molecule has 3 rings (SSSR count). The molecule has 0 atom stereocenters. The summed E-state index contributed by atoms with van der Waals surface area (Å²) in [5, 5.41) is 10.4. The summed E-state index contributed by atoms with van der Waals surface area (Å²) in [4.78, 5) is 0. The molecule has 2 nitrogen and oxygen atoms in total. The first-order valence-corrected chi connectivity index (χ1v) is 8.56. The van der Waals surface area contributed by atoms with Crippen LogP contribution in [0, 0.1) is 5.82 Å². The van der Waals surface area contributed by atoms with Crippen molar-refractivity contribution < 1.29 is 14.2 Å². The van der Waals surface area contributed by atoms with Crippen molar-refractivity contribution in [3.05, 3.63) is 95.8 Å². The Labute approximate surface area is 149 Å². The van der Waals surface area contributed by atoms with Crippen LogP contribution in [0.1, 0.15) is 11.1 Å². The highest BCUT2D eigenvalue weighted by Crippen LogP contribution is 2.25. The molecule has 3 aromatic carbocycles. The number of halogens is 2. The third-order valence-corrected chi connectivity index (χ3v) is 3.79. The van der Waals surface area contributed by atoms with Crippen LogP contribution in [0.4, 0.5) is 4.39 Å². The van der Waals surface area contributed by atoms with E-state index in [1.165, 1.54) is 17.7 Å². The fourth-order valence-corrected chi connectivity index (χ4v) is 2.31. The molecule has 0 bridgehead atoms. The topological polar surface area (TPSA) is 29.5 Å². The van der Waals surface area contributed by atoms with E-state index in [9.17, 15) is 9.50 Å². The van der Waals surface area contributed by atoms with Gasteiger partial charge in [0.15, 0.2) is 11.5 Å². The molecular formula is C20H18BrFO2. The van der Waals surface area contributed by atoms with Crippen molar-refractivity contribution in [3.63, 3.8) is 0 Å². The smallest absolute Gasteiger partial charge is 0.161 e. The number of rotatable bonds is 4. The number of alkyl halides is 1. The van der Waals surface area contributed by atoms with Crippen LogP contribution in [-0.2, 0) is 11.9 Å². The third-order valence-electron chi connectivity index (χ3n) is 3.15. The van der Waals surface area contributed by atoms with Crippen molar-refractivity contribution in [2.45, 2.75) is 11.9 Å². The predicted molar refractivity (Wildman–Crippen MR) is 97.9 cm³/mol. The van der Waals surface area contributed by atoms with E-state index in [1.54, 1.807) is 36.4 Å². The van der Waals surface area contributed by atoms with Gasteiger partial charge in [-0.3, -0.25) is 0 Å². The van der Waals surface area contributed by atoms with E-state index in [1.807, 2.05) is 18.2 Å². The Hall–Kier alpha value is -2.33. The van der Waals surface area contributed by atoms with E-state index in [2.05, 4.69) is 28.1 Å². The maximum atomic E-state index is 12.9. The molecule has 0 aliphatic carbocycles. The number of para-hydroxylation sites is 2. The van der Waals surface area contributed by atoms with Gasteiger partial charge < -0.3 is 9.84 Å². The van der Waals surface area contributed by atoms with E-state index in [4.69, 9.17) is 4.74 Å². The van der Waals surface area contributed by atoms with Crippen LogP contribution >= 0.6 is 15.9 Å². The van der Waals surface area contributed by atoms with Gasteiger partial charge in [0.05, 0.1) is 0 Å². The van der Waals surface area contributed by atoms with Gasteiger partial charge in [0.25, 0.3) is 0 Å². The minimum atomic E-state index is -0.293. The van der Waals surface area contributed by atoms with Crippen LogP contribution in [0.15, 0.2) is 78.9 Å². The van der Waals surface area contributed by atoms with Crippen molar-refractivity contribution in [1.29, 1.82) is 0 Å². The predicted octanol–water partition coefficient (Wildman–Crippen LogP) is 5.69. The second-order valence-corrected chi connectivity index (χ2v) is 5.57. The van der Waals surface area contributed by atoms with E-state index in [0.717, 1.165) is 10.9 Å². The van der Waals surface area contributed by atoms with Crippen LogP contribution in [0.25, 0.3) is 0 Å². The van der Waals surface area contributed by atoms with E-state index in [-0.39, 0.29) is 18.2 Å². The SMILES string of the molecule is BrCc1ccccc1.Oc1ccccc1OCc1cccc(F)c1. The molecule has 0 heterocycles. The van der Waals surface area contributed by atoms with Crippen molar-refractivity contribution in [2.24, 2.45) is 0 Å². The van der Waals surface area contributed by atoms with Crippen molar-refractivity contribution in [1.82, 2.24) is 0 Å². The molecule has 0 aliphatic heterocycles. The third kappa shape index (κ3) is 6.05. The summed E-state index contributed by atoms with van der Waals surface area (Å²) in [5.41, 5.74) is 2.05.